The Morgan fingerprint density at radius 2 is 2.26 bits per heavy atom. The number of carbonyl (C=O) groups is 1. The van der Waals surface area contributed by atoms with E-state index < -0.39 is 5.97 Å². The first-order chi connectivity index (χ1) is 8.92. The van der Waals surface area contributed by atoms with Crippen molar-refractivity contribution < 1.29 is 9.90 Å². The largest absolute Gasteiger partial charge is 0.480 e. The highest BCUT2D eigenvalue weighted by atomic mass is 16.4. The average Bonchev–Trinajstić information content (AvgIpc) is 2.70. The van der Waals surface area contributed by atoms with Crippen molar-refractivity contribution in [1.29, 1.82) is 0 Å². The van der Waals surface area contributed by atoms with Gasteiger partial charge in [-0.05, 0) is 31.7 Å². The number of hydrogen-bond acceptors (Lipinski definition) is 3. The van der Waals surface area contributed by atoms with Gasteiger partial charge in [0.05, 0.1) is 0 Å². The molecule has 1 aromatic heterocycles. The number of nitrogens with zero attached hydrogens (tertiary/aromatic N) is 3. The van der Waals surface area contributed by atoms with Crippen LogP contribution in [0.1, 0.15) is 32.5 Å². The highest BCUT2D eigenvalue weighted by Gasteiger charge is 2.42. The maximum Gasteiger partial charge on any atom is 0.321 e. The molecule has 0 spiro atoms. The molecule has 0 aliphatic carbocycles. The van der Waals surface area contributed by atoms with Crippen LogP contribution in [-0.4, -0.2) is 44.7 Å². The minimum Gasteiger partial charge on any atom is -0.480 e. The zero-order valence-electron chi connectivity index (χ0n) is 12.0. The Morgan fingerprint density at radius 1 is 1.53 bits per heavy atom. The summed E-state index contributed by atoms with van der Waals surface area (Å²) in [6.45, 7) is 8.51. The Kier molecular flexibility index (Phi) is 3.94. The zero-order chi connectivity index (χ0) is 14.0. The number of likely N-dealkylation sites (tertiary alicyclic amines) is 1. The molecule has 0 saturated carbocycles. The molecule has 1 saturated heterocycles. The van der Waals surface area contributed by atoms with Gasteiger partial charge in [-0.2, -0.15) is 0 Å². The van der Waals surface area contributed by atoms with Crippen LogP contribution in [0, 0.1) is 12.3 Å². The van der Waals surface area contributed by atoms with Crippen molar-refractivity contribution in [3.8, 4) is 0 Å². The summed E-state index contributed by atoms with van der Waals surface area (Å²) in [5, 5.41) is 9.50. The Hall–Kier alpha value is -1.36. The minimum absolute atomic E-state index is 0.159. The second kappa shape index (κ2) is 5.33. The van der Waals surface area contributed by atoms with Gasteiger partial charge in [-0.25, -0.2) is 4.98 Å². The molecule has 1 aromatic rings. The van der Waals surface area contributed by atoms with E-state index in [0.717, 1.165) is 38.3 Å². The molecule has 1 aliphatic heterocycles. The monoisotopic (exact) mass is 265 g/mol. The Morgan fingerprint density at radius 3 is 2.84 bits per heavy atom. The van der Waals surface area contributed by atoms with Crippen LogP contribution in [0.2, 0.25) is 0 Å². The van der Waals surface area contributed by atoms with Gasteiger partial charge in [-0.15, -0.1) is 0 Å². The molecule has 2 rings (SSSR count). The van der Waals surface area contributed by atoms with Crippen molar-refractivity contribution in [3.63, 3.8) is 0 Å². The normalized spacial score (nSPS) is 23.4. The molecule has 5 heteroatoms. The number of aromatic nitrogens is 2. The molecule has 1 aliphatic rings. The molecule has 1 N–H and O–H groups in total. The van der Waals surface area contributed by atoms with Gasteiger partial charge in [0.25, 0.3) is 0 Å². The van der Waals surface area contributed by atoms with Gasteiger partial charge >= 0.3 is 5.97 Å². The number of rotatable bonds is 4. The number of carboxylic acid groups (broad SMARTS) is 1. The summed E-state index contributed by atoms with van der Waals surface area (Å²) in [5.41, 5.74) is -0.159. The molecule has 0 amide bonds. The topological polar surface area (TPSA) is 58.4 Å². The smallest absolute Gasteiger partial charge is 0.321 e. The van der Waals surface area contributed by atoms with Gasteiger partial charge in [-0.1, -0.05) is 13.8 Å². The van der Waals surface area contributed by atoms with Crippen LogP contribution in [0.15, 0.2) is 12.4 Å². The summed E-state index contributed by atoms with van der Waals surface area (Å²) in [6, 6.07) is -0.384. The first kappa shape index (κ1) is 14.1. The molecule has 0 radical (unpaired) electrons. The summed E-state index contributed by atoms with van der Waals surface area (Å²) in [5.74, 6) is 0.273. The molecule has 5 nitrogen and oxygen atoms in total. The number of imidazole rings is 1. The average molecular weight is 265 g/mol. The maximum atomic E-state index is 11.5. The van der Waals surface area contributed by atoms with E-state index in [2.05, 4.69) is 28.3 Å². The number of hydrogen-bond donors (Lipinski definition) is 1. The molecule has 1 atom stereocenters. The van der Waals surface area contributed by atoms with Crippen molar-refractivity contribution in [3.05, 3.63) is 18.2 Å². The second-order valence-corrected chi connectivity index (χ2v) is 6.04. The van der Waals surface area contributed by atoms with Crippen LogP contribution in [0.4, 0.5) is 0 Å². The highest BCUT2D eigenvalue weighted by molar-refractivity contribution is 5.74. The van der Waals surface area contributed by atoms with Crippen molar-refractivity contribution in [2.24, 2.45) is 5.41 Å². The van der Waals surface area contributed by atoms with E-state index in [4.69, 9.17) is 0 Å². The third-order valence-electron chi connectivity index (χ3n) is 4.16. The van der Waals surface area contributed by atoms with Gasteiger partial charge in [0.1, 0.15) is 11.9 Å². The molecule has 1 fully saturated rings. The van der Waals surface area contributed by atoms with Crippen LogP contribution >= 0.6 is 0 Å². The SMILES string of the molecule is Cc1nccn1CCN1CCCC(C)(C)C1C(=O)O. The van der Waals surface area contributed by atoms with E-state index in [-0.39, 0.29) is 11.5 Å². The van der Waals surface area contributed by atoms with Gasteiger partial charge < -0.3 is 9.67 Å². The molecule has 19 heavy (non-hydrogen) atoms. The Labute approximate surface area is 114 Å². The minimum atomic E-state index is -0.702. The van der Waals surface area contributed by atoms with E-state index in [1.807, 2.05) is 13.1 Å². The highest BCUT2D eigenvalue weighted by Crippen LogP contribution is 2.35. The summed E-state index contributed by atoms with van der Waals surface area (Å²) in [6.07, 6.45) is 5.77. The predicted octanol–water partition coefficient (Wildman–Crippen LogP) is 1.77. The van der Waals surface area contributed by atoms with Crippen LogP contribution in [-0.2, 0) is 11.3 Å². The van der Waals surface area contributed by atoms with Crippen LogP contribution in [0.3, 0.4) is 0 Å². The first-order valence-electron chi connectivity index (χ1n) is 6.86. The number of aryl methyl sites for hydroxylation is 1. The Bertz CT molecular complexity index is 453. The third kappa shape index (κ3) is 2.97. The van der Waals surface area contributed by atoms with Crippen molar-refractivity contribution in [2.75, 3.05) is 13.1 Å². The number of piperidine rings is 1. The standard InChI is InChI=1S/C14H23N3O2/c1-11-15-6-8-16(11)9-10-17-7-4-5-14(2,3)12(17)13(18)19/h6,8,12H,4-5,7,9-10H2,1-3H3,(H,18,19). The van der Waals surface area contributed by atoms with E-state index in [1.54, 1.807) is 6.20 Å². The summed E-state index contributed by atoms with van der Waals surface area (Å²) in [7, 11) is 0. The molecule has 0 aromatic carbocycles. The van der Waals surface area contributed by atoms with Gasteiger partial charge in [-0.3, -0.25) is 9.69 Å². The van der Waals surface area contributed by atoms with Crippen LogP contribution < -0.4 is 0 Å². The zero-order valence-corrected chi connectivity index (χ0v) is 12.0. The molecule has 2 heterocycles. The lowest BCUT2D eigenvalue weighted by atomic mass is 9.76. The van der Waals surface area contributed by atoms with Crippen molar-refractivity contribution >= 4 is 5.97 Å². The lowest BCUT2D eigenvalue weighted by Crippen LogP contribution is -2.54. The quantitative estimate of drug-likeness (QED) is 0.901. The molecule has 106 valence electrons. The fraction of sp³-hybridized carbons (Fsp3) is 0.714. The lowest BCUT2D eigenvalue weighted by Gasteiger charge is -2.44. The van der Waals surface area contributed by atoms with Crippen molar-refractivity contribution in [1.82, 2.24) is 14.5 Å². The van der Waals surface area contributed by atoms with Gasteiger partial charge in [0, 0.05) is 25.5 Å². The van der Waals surface area contributed by atoms with E-state index in [0.29, 0.717) is 0 Å². The maximum absolute atomic E-state index is 11.5. The molecular weight excluding hydrogens is 242 g/mol. The van der Waals surface area contributed by atoms with Crippen LogP contribution in [0.5, 0.6) is 0 Å². The van der Waals surface area contributed by atoms with Gasteiger partial charge in [0.15, 0.2) is 0 Å². The fourth-order valence-corrected chi connectivity index (χ4v) is 3.11. The third-order valence-corrected chi connectivity index (χ3v) is 4.16. The molecule has 1 unspecified atom stereocenters. The predicted molar refractivity (Wildman–Crippen MR) is 73.0 cm³/mol. The Balaban J connectivity index is 2.05. The van der Waals surface area contributed by atoms with E-state index >= 15 is 0 Å². The van der Waals surface area contributed by atoms with Crippen molar-refractivity contribution in [2.45, 2.75) is 46.2 Å². The lowest BCUT2D eigenvalue weighted by molar-refractivity contribution is -0.150. The summed E-state index contributed by atoms with van der Waals surface area (Å²) in [4.78, 5) is 17.8. The van der Waals surface area contributed by atoms with Crippen LogP contribution in [0.25, 0.3) is 0 Å². The second-order valence-electron chi connectivity index (χ2n) is 6.04. The van der Waals surface area contributed by atoms with Gasteiger partial charge in [0.2, 0.25) is 0 Å². The number of aliphatic carboxylic acids is 1. The number of carboxylic acids is 1. The first-order valence-corrected chi connectivity index (χ1v) is 6.86. The van der Waals surface area contributed by atoms with E-state index in [1.165, 1.54) is 0 Å². The molecule has 0 bridgehead atoms. The molecular formula is C14H23N3O2. The fourth-order valence-electron chi connectivity index (χ4n) is 3.11. The van der Waals surface area contributed by atoms with E-state index in [9.17, 15) is 9.90 Å². The summed E-state index contributed by atoms with van der Waals surface area (Å²) >= 11 is 0. The summed E-state index contributed by atoms with van der Waals surface area (Å²) < 4.78 is 2.07.